The van der Waals surface area contributed by atoms with Crippen molar-refractivity contribution in [2.75, 3.05) is 0 Å². The van der Waals surface area contributed by atoms with Gasteiger partial charge in [-0.2, -0.15) is 4.83 Å². The van der Waals surface area contributed by atoms with E-state index in [1.807, 2.05) is 0 Å². The maximum absolute atomic E-state index is 10.9. The third-order valence-corrected chi connectivity index (χ3v) is 2.27. The van der Waals surface area contributed by atoms with E-state index in [2.05, 4.69) is 4.98 Å². The summed E-state index contributed by atoms with van der Waals surface area (Å²) in [6.45, 7) is 0. The molecule has 11 heavy (non-hydrogen) atoms. The molecule has 60 valence electrons. The van der Waals surface area contributed by atoms with Crippen LogP contribution in [0.5, 0.6) is 0 Å². The number of nitrogens with two attached hydrogens (primary N) is 1. The number of hydrogen-bond acceptors (Lipinski definition) is 4. The van der Waals surface area contributed by atoms with Gasteiger partial charge in [0.2, 0.25) is 0 Å². The Labute approximate surface area is 64.3 Å². The Morgan fingerprint density at radius 1 is 1.55 bits per heavy atom. The molecular weight excluding hydrogens is 166 g/mol. The van der Waals surface area contributed by atoms with Crippen LogP contribution in [0.15, 0.2) is 29.4 Å². The number of nitrogens with zero attached hydrogens (tertiary/aromatic N) is 1. The van der Waals surface area contributed by atoms with Crippen molar-refractivity contribution in [1.29, 1.82) is 0 Å². The van der Waals surface area contributed by atoms with E-state index < -0.39 is 10.0 Å². The molecule has 1 rings (SSSR count). The average Bonchev–Trinajstić information content (AvgIpc) is 2.06. The normalized spacial score (nSPS) is 11.4. The van der Waals surface area contributed by atoms with Gasteiger partial charge in [-0.05, 0) is 12.1 Å². The maximum atomic E-state index is 10.9. The number of aromatic nitrogens is 1. The predicted octanol–water partition coefficient (Wildman–Crippen LogP) is -0.766. The lowest BCUT2D eigenvalue weighted by Gasteiger charge is -1.98. The molecule has 0 saturated carbocycles. The van der Waals surface area contributed by atoms with E-state index in [1.54, 1.807) is 4.83 Å². The highest BCUT2D eigenvalue weighted by molar-refractivity contribution is 7.89. The molecular formula is C5H7N3O2S. The van der Waals surface area contributed by atoms with Gasteiger partial charge >= 0.3 is 0 Å². The Morgan fingerprint density at radius 3 is 2.73 bits per heavy atom. The first kappa shape index (κ1) is 8.12. The average molecular weight is 173 g/mol. The van der Waals surface area contributed by atoms with Crippen molar-refractivity contribution < 1.29 is 8.42 Å². The molecule has 5 nitrogen and oxygen atoms in total. The van der Waals surface area contributed by atoms with E-state index in [-0.39, 0.29) is 4.90 Å². The van der Waals surface area contributed by atoms with Gasteiger partial charge in [0.05, 0.1) is 0 Å². The summed E-state index contributed by atoms with van der Waals surface area (Å²) in [4.78, 5) is 5.37. The highest BCUT2D eigenvalue weighted by atomic mass is 32.2. The first-order valence-electron chi connectivity index (χ1n) is 2.79. The molecule has 3 N–H and O–H groups in total. The third kappa shape index (κ3) is 1.73. The Kier molecular flexibility index (Phi) is 2.18. The van der Waals surface area contributed by atoms with Crippen LogP contribution in [0.25, 0.3) is 0 Å². The Hall–Kier alpha value is -0.980. The van der Waals surface area contributed by atoms with Crippen molar-refractivity contribution in [3.63, 3.8) is 0 Å². The van der Waals surface area contributed by atoms with Gasteiger partial charge in [0.15, 0.2) is 0 Å². The first-order chi connectivity index (χ1) is 5.17. The van der Waals surface area contributed by atoms with E-state index in [9.17, 15) is 8.42 Å². The fourth-order valence-corrected chi connectivity index (χ4v) is 1.17. The van der Waals surface area contributed by atoms with Crippen LogP contribution in [0.1, 0.15) is 0 Å². The van der Waals surface area contributed by atoms with Gasteiger partial charge in [-0.25, -0.2) is 8.42 Å². The van der Waals surface area contributed by atoms with E-state index in [4.69, 9.17) is 5.84 Å². The van der Waals surface area contributed by atoms with Crippen LogP contribution in [-0.2, 0) is 10.0 Å². The summed E-state index contributed by atoms with van der Waals surface area (Å²) in [7, 11) is -3.53. The summed E-state index contributed by atoms with van der Waals surface area (Å²) in [5, 5.41) is 0. The van der Waals surface area contributed by atoms with Gasteiger partial charge in [0, 0.05) is 12.4 Å². The number of hydrazine groups is 1. The van der Waals surface area contributed by atoms with Gasteiger partial charge in [0.1, 0.15) is 4.90 Å². The Balaban J connectivity index is 3.14. The smallest absolute Gasteiger partial charge is 0.254 e. The largest absolute Gasteiger partial charge is 0.263 e. The van der Waals surface area contributed by atoms with Crippen LogP contribution in [0.4, 0.5) is 0 Å². The zero-order valence-corrected chi connectivity index (χ0v) is 6.38. The van der Waals surface area contributed by atoms with Crippen LogP contribution < -0.4 is 10.7 Å². The predicted molar refractivity (Wildman–Crippen MR) is 38.7 cm³/mol. The molecule has 0 aliphatic rings. The van der Waals surface area contributed by atoms with E-state index in [0.29, 0.717) is 0 Å². The summed E-state index contributed by atoms with van der Waals surface area (Å²) >= 11 is 0. The highest BCUT2D eigenvalue weighted by Gasteiger charge is 2.09. The van der Waals surface area contributed by atoms with E-state index in [1.165, 1.54) is 24.5 Å². The Bertz CT molecular complexity index is 321. The molecule has 0 aromatic carbocycles. The third-order valence-electron chi connectivity index (χ3n) is 1.10. The van der Waals surface area contributed by atoms with Crippen LogP contribution in [0.2, 0.25) is 0 Å². The van der Waals surface area contributed by atoms with Gasteiger partial charge in [-0.15, -0.1) is 0 Å². The quantitative estimate of drug-likeness (QED) is 0.454. The van der Waals surface area contributed by atoms with Gasteiger partial charge < -0.3 is 0 Å². The van der Waals surface area contributed by atoms with Gasteiger partial charge in [-0.3, -0.25) is 10.8 Å². The molecule has 0 aliphatic heterocycles. The number of pyridine rings is 1. The van der Waals surface area contributed by atoms with Crippen LogP contribution in [-0.4, -0.2) is 13.4 Å². The molecule has 1 aromatic heterocycles. The molecule has 0 aliphatic carbocycles. The molecule has 0 fully saturated rings. The molecule has 0 spiro atoms. The minimum absolute atomic E-state index is 0.0579. The molecule has 0 bridgehead atoms. The molecule has 0 saturated heterocycles. The topological polar surface area (TPSA) is 85.1 Å². The summed E-state index contributed by atoms with van der Waals surface area (Å²) < 4.78 is 21.8. The zero-order valence-electron chi connectivity index (χ0n) is 5.56. The van der Waals surface area contributed by atoms with Crippen molar-refractivity contribution in [2.45, 2.75) is 4.90 Å². The van der Waals surface area contributed by atoms with E-state index >= 15 is 0 Å². The second kappa shape index (κ2) is 2.95. The van der Waals surface area contributed by atoms with Crippen molar-refractivity contribution in [3.05, 3.63) is 24.5 Å². The van der Waals surface area contributed by atoms with Crippen molar-refractivity contribution in [3.8, 4) is 0 Å². The van der Waals surface area contributed by atoms with Gasteiger partial charge in [-0.1, -0.05) is 0 Å². The Morgan fingerprint density at radius 2 is 2.27 bits per heavy atom. The summed E-state index contributed by atoms with van der Waals surface area (Å²) in [5.74, 6) is 4.77. The molecule has 6 heteroatoms. The number of sulfonamides is 1. The molecule has 0 radical (unpaired) electrons. The summed E-state index contributed by atoms with van der Waals surface area (Å²) in [6.07, 6.45) is 2.70. The zero-order chi connectivity index (χ0) is 8.32. The van der Waals surface area contributed by atoms with Crippen molar-refractivity contribution in [1.82, 2.24) is 9.82 Å². The van der Waals surface area contributed by atoms with E-state index in [0.717, 1.165) is 0 Å². The first-order valence-corrected chi connectivity index (χ1v) is 4.27. The summed E-state index contributed by atoms with van der Waals surface area (Å²) in [6, 6.07) is 2.92. The lowest BCUT2D eigenvalue weighted by Crippen LogP contribution is -2.30. The van der Waals surface area contributed by atoms with Crippen molar-refractivity contribution in [2.24, 2.45) is 5.84 Å². The fraction of sp³-hybridized carbons (Fsp3) is 0. The lowest BCUT2D eigenvalue weighted by molar-refractivity contribution is 0.583. The van der Waals surface area contributed by atoms with Crippen LogP contribution in [0.3, 0.4) is 0 Å². The van der Waals surface area contributed by atoms with Gasteiger partial charge in [0.25, 0.3) is 10.0 Å². The summed E-state index contributed by atoms with van der Waals surface area (Å²) in [5.41, 5.74) is 0. The van der Waals surface area contributed by atoms with Crippen molar-refractivity contribution >= 4 is 10.0 Å². The maximum Gasteiger partial charge on any atom is 0.254 e. The second-order valence-corrected chi connectivity index (χ2v) is 3.52. The number of rotatable bonds is 2. The molecule has 1 aromatic rings. The monoisotopic (exact) mass is 173 g/mol. The van der Waals surface area contributed by atoms with Crippen LogP contribution >= 0.6 is 0 Å². The number of hydrogen-bond donors (Lipinski definition) is 2. The highest BCUT2D eigenvalue weighted by Crippen LogP contribution is 2.02. The number of nitrogens with one attached hydrogen (secondary N) is 1. The fourth-order valence-electron chi connectivity index (χ4n) is 0.574. The molecule has 0 unspecified atom stereocenters. The minimum Gasteiger partial charge on any atom is -0.263 e. The minimum atomic E-state index is -3.53. The lowest BCUT2D eigenvalue weighted by atomic mass is 10.5. The van der Waals surface area contributed by atoms with Crippen LogP contribution in [0, 0.1) is 0 Å². The molecule has 0 amide bonds. The second-order valence-electron chi connectivity index (χ2n) is 1.81. The SMILES string of the molecule is NNS(=O)(=O)c1cccnc1. The molecule has 1 heterocycles. The standard InChI is InChI=1S/C5H7N3O2S/c6-8-11(9,10)5-2-1-3-7-4-5/h1-4,8H,6H2. The molecule has 0 atom stereocenters.